The lowest BCUT2D eigenvalue weighted by atomic mass is 9.97. The number of hydrogen-bond acceptors (Lipinski definition) is 3. The van der Waals surface area contributed by atoms with Gasteiger partial charge in [-0.05, 0) is 38.8 Å². The summed E-state index contributed by atoms with van der Waals surface area (Å²) in [6.07, 6.45) is -1.71. The summed E-state index contributed by atoms with van der Waals surface area (Å²) in [4.78, 5) is 3.88. The van der Waals surface area contributed by atoms with Crippen LogP contribution in [0.3, 0.4) is 0 Å². The predicted octanol–water partition coefficient (Wildman–Crippen LogP) is 1.98. The summed E-state index contributed by atoms with van der Waals surface area (Å²) in [5, 5.41) is 3.34. The van der Waals surface area contributed by atoms with Crippen molar-refractivity contribution in [2.75, 3.05) is 45.8 Å². The Labute approximate surface area is 125 Å². The van der Waals surface area contributed by atoms with Crippen LogP contribution in [0.15, 0.2) is 0 Å². The van der Waals surface area contributed by atoms with Gasteiger partial charge in [-0.15, -0.1) is 12.4 Å². The Morgan fingerprint density at radius 1 is 1.10 bits per heavy atom. The zero-order valence-corrected chi connectivity index (χ0v) is 12.8. The first-order valence-corrected chi connectivity index (χ1v) is 7.20. The second-order valence-corrected chi connectivity index (χ2v) is 5.75. The van der Waals surface area contributed by atoms with Crippen LogP contribution in [0.1, 0.15) is 19.8 Å². The number of rotatable bonds is 3. The highest BCUT2D eigenvalue weighted by Gasteiger charge is 2.40. The lowest BCUT2D eigenvalue weighted by Crippen LogP contribution is -2.54. The van der Waals surface area contributed by atoms with Gasteiger partial charge < -0.3 is 10.2 Å². The molecule has 20 heavy (non-hydrogen) atoms. The molecule has 0 bridgehead atoms. The van der Waals surface area contributed by atoms with Crippen molar-refractivity contribution in [3.8, 4) is 0 Å². The van der Waals surface area contributed by atoms with Crippen molar-refractivity contribution in [3.05, 3.63) is 0 Å². The largest absolute Gasteiger partial charge is 0.403 e. The highest BCUT2D eigenvalue weighted by molar-refractivity contribution is 5.85. The first-order chi connectivity index (χ1) is 8.97. The summed E-state index contributed by atoms with van der Waals surface area (Å²) in [5.41, 5.74) is 0. The minimum atomic E-state index is -4.10. The Balaban J connectivity index is 0.00000200. The molecule has 1 unspecified atom stereocenters. The van der Waals surface area contributed by atoms with E-state index in [0.717, 1.165) is 32.7 Å². The van der Waals surface area contributed by atoms with E-state index in [1.54, 1.807) is 4.90 Å². The zero-order valence-electron chi connectivity index (χ0n) is 12.0. The van der Waals surface area contributed by atoms with Gasteiger partial charge in [0.2, 0.25) is 0 Å². The van der Waals surface area contributed by atoms with E-state index in [1.165, 1.54) is 19.8 Å². The molecule has 2 aliphatic heterocycles. The average molecular weight is 316 g/mol. The van der Waals surface area contributed by atoms with Crippen molar-refractivity contribution >= 4 is 12.4 Å². The molecule has 2 saturated heterocycles. The average Bonchev–Trinajstić information content (AvgIpc) is 2.39. The quantitative estimate of drug-likeness (QED) is 0.859. The minimum absolute atomic E-state index is 0. The van der Waals surface area contributed by atoms with Crippen molar-refractivity contribution in [2.24, 2.45) is 5.92 Å². The third kappa shape index (κ3) is 5.06. The van der Waals surface area contributed by atoms with Crippen LogP contribution in [0.5, 0.6) is 0 Å². The van der Waals surface area contributed by atoms with Crippen molar-refractivity contribution < 1.29 is 13.2 Å². The molecule has 0 aromatic rings. The molecular formula is C13H25ClF3N3. The van der Waals surface area contributed by atoms with E-state index in [0.29, 0.717) is 19.0 Å². The second-order valence-electron chi connectivity index (χ2n) is 5.75. The smallest absolute Gasteiger partial charge is 0.317 e. The Hall–Kier alpha value is -0.0400. The van der Waals surface area contributed by atoms with Crippen molar-refractivity contribution in [1.82, 2.24) is 15.1 Å². The molecule has 1 atom stereocenters. The predicted molar refractivity (Wildman–Crippen MR) is 76.4 cm³/mol. The fourth-order valence-electron chi connectivity index (χ4n) is 2.97. The van der Waals surface area contributed by atoms with Crippen LogP contribution in [0.25, 0.3) is 0 Å². The van der Waals surface area contributed by atoms with Gasteiger partial charge in [0.25, 0.3) is 0 Å². The lowest BCUT2D eigenvalue weighted by molar-refractivity contribution is -0.182. The summed E-state index contributed by atoms with van der Waals surface area (Å²) in [5.74, 6) is 0.716. The van der Waals surface area contributed by atoms with Gasteiger partial charge in [0.1, 0.15) is 6.04 Å². The fraction of sp³-hybridized carbons (Fsp3) is 1.00. The molecule has 0 aromatic carbocycles. The topological polar surface area (TPSA) is 18.5 Å². The maximum absolute atomic E-state index is 12.6. The molecule has 0 amide bonds. The molecule has 3 nitrogen and oxygen atoms in total. The molecule has 1 N–H and O–H groups in total. The molecule has 0 aromatic heterocycles. The summed E-state index contributed by atoms with van der Waals surface area (Å²) in [6, 6.07) is -1.31. The maximum atomic E-state index is 12.6. The summed E-state index contributed by atoms with van der Waals surface area (Å²) in [6.45, 7) is 7.08. The normalized spacial score (nSPS) is 25.2. The molecular weight excluding hydrogens is 291 g/mol. The number of nitrogens with zero attached hydrogens (tertiary/aromatic N) is 2. The van der Waals surface area contributed by atoms with Gasteiger partial charge in [0.05, 0.1) is 0 Å². The number of piperazine rings is 1. The van der Waals surface area contributed by atoms with Crippen molar-refractivity contribution in [3.63, 3.8) is 0 Å². The van der Waals surface area contributed by atoms with Gasteiger partial charge in [-0.25, -0.2) is 0 Å². The SMILES string of the molecule is CC(N1CCN(CC2CCNCC2)CC1)C(F)(F)F.Cl. The van der Waals surface area contributed by atoms with E-state index in [4.69, 9.17) is 0 Å². The van der Waals surface area contributed by atoms with E-state index in [1.807, 2.05) is 0 Å². The Morgan fingerprint density at radius 3 is 2.15 bits per heavy atom. The standard InChI is InChI=1S/C13H24F3N3.ClH/c1-11(13(14,15)16)19-8-6-18(7-9-19)10-12-2-4-17-5-3-12;/h11-12,17H,2-10H2,1H3;1H. The highest BCUT2D eigenvalue weighted by Crippen LogP contribution is 2.25. The van der Waals surface area contributed by atoms with E-state index in [-0.39, 0.29) is 12.4 Å². The lowest BCUT2D eigenvalue weighted by Gasteiger charge is -2.40. The Morgan fingerprint density at radius 2 is 1.65 bits per heavy atom. The fourth-order valence-corrected chi connectivity index (χ4v) is 2.97. The van der Waals surface area contributed by atoms with E-state index >= 15 is 0 Å². The third-order valence-corrected chi connectivity index (χ3v) is 4.40. The van der Waals surface area contributed by atoms with E-state index in [9.17, 15) is 13.2 Å². The van der Waals surface area contributed by atoms with Gasteiger partial charge in [0.15, 0.2) is 0 Å². The van der Waals surface area contributed by atoms with Gasteiger partial charge in [-0.1, -0.05) is 0 Å². The molecule has 2 rings (SSSR count). The third-order valence-electron chi connectivity index (χ3n) is 4.40. The van der Waals surface area contributed by atoms with Crippen LogP contribution in [0.2, 0.25) is 0 Å². The van der Waals surface area contributed by atoms with Gasteiger partial charge in [-0.2, -0.15) is 13.2 Å². The molecule has 0 radical (unpaired) electrons. The van der Waals surface area contributed by atoms with E-state index in [2.05, 4.69) is 10.2 Å². The zero-order chi connectivity index (χ0) is 13.9. The van der Waals surface area contributed by atoms with Crippen LogP contribution in [-0.4, -0.2) is 67.8 Å². The number of hydrogen-bond donors (Lipinski definition) is 1. The van der Waals surface area contributed by atoms with Crippen molar-refractivity contribution in [2.45, 2.75) is 32.0 Å². The van der Waals surface area contributed by atoms with Crippen molar-refractivity contribution in [1.29, 1.82) is 0 Å². The first-order valence-electron chi connectivity index (χ1n) is 7.20. The number of halogens is 4. The minimum Gasteiger partial charge on any atom is -0.317 e. The molecule has 2 fully saturated rings. The van der Waals surface area contributed by atoms with Gasteiger partial charge in [-0.3, -0.25) is 4.90 Å². The number of nitrogens with one attached hydrogen (secondary N) is 1. The molecule has 0 aliphatic carbocycles. The Kier molecular flexibility index (Phi) is 7.04. The highest BCUT2D eigenvalue weighted by atomic mass is 35.5. The molecule has 0 spiro atoms. The molecule has 7 heteroatoms. The van der Waals surface area contributed by atoms with Crippen LogP contribution in [-0.2, 0) is 0 Å². The first kappa shape index (κ1) is 18.0. The second kappa shape index (κ2) is 7.82. The maximum Gasteiger partial charge on any atom is 0.403 e. The number of piperidine rings is 1. The van der Waals surface area contributed by atoms with Crippen LogP contribution in [0, 0.1) is 5.92 Å². The van der Waals surface area contributed by atoms with Crippen LogP contribution >= 0.6 is 12.4 Å². The summed E-state index contributed by atoms with van der Waals surface area (Å²) in [7, 11) is 0. The molecule has 120 valence electrons. The van der Waals surface area contributed by atoms with Gasteiger partial charge >= 0.3 is 6.18 Å². The summed E-state index contributed by atoms with van der Waals surface area (Å²) < 4.78 is 37.9. The number of alkyl halides is 3. The van der Waals surface area contributed by atoms with Crippen LogP contribution < -0.4 is 5.32 Å². The molecule has 0 saturated carbocycles. The Bertz CT molecular complexity index is 275. The molecule has 2 heterocycles. The van der Waals surface area contributed by atoms with Crippen LogP contribution in [0.4, 0.5) is 13.2 Å². The monoisotopic (exact) mass is 315 g/mol. The van der Waals surface area contributed by atoms with Gasteiger partial charge in [0, 0.05) is 32.7 Å². The van der Waals surface area contributed by atoms with E-state index < -0.39 is 12.2 Å². The molecule has 2 aliphatic rings. The summed E-state index contributed by atoms with van der Waals surface area (Å²) >= 11 is 0.